The van der Waals surface area contributed by atoms with Crippen molar-refractivity contribution >= 4 is 23.3 Å². The number of carbonyl (C=O) groups is 1. The van der Waals surface area contributed by atoms with Crippen LogP contribution in [0.4, 0.5) is 5.82 Å². The Bertz CT molecular complexity index is 762. The van der Waals surface area contributed by atoms with Gasteiger partial charge in [0.15, 0.2) is 0 Å². The maximum Gasteiger partial charge on any atom is 0.272 e. The second-order valence-electron chi connectivity index (χ2n) is 6.57. The monoisotopic (exact) mass is 357 g/mol. The molecule has 2 aromatic rings. The molecule has 1 saturated carbocycles. The van der Waals surface area contributed by atoms with Crippen LogP contribution in [-0.2, 0) is 0 Å². The van der Waals surface area contributed by atoms with E-state index in [9.17, 15) is 4.79 Å². The van der Waals surface area contributed by atoms with Gasteiger partial charge in [0.25, 0.3) is 5.91 Å². The molecule has 1 saturated heterocycles. The molecule has 0 atom stereocenters. The van der Waals surface area contributed by atoms with Gasteiger partial charge in [0, 0.05) is 50.1 Å². The van der Waals surface area contributed by atoms with Crippen molar-refractivity contribution in [2.75, 3.05) is 31.1 Å². The summed E-state index contributed by atoms with van der Waals surface area (Å²) in [5, 5.41) is 0.536. The first kappa shape index (κ1) is 16.3. The van der Waals surface area contributed by atoms with E-state index in [2.05, 4.69) is 25.9 Å². The smallest absolute Gasteiger partial charge is 0.272 e. The summed E-state index contributed by atoms with van der Waals surface area (Å²) in [6.07, 6.45) is 6.54. The van der Waals surface area contributed by atoms with Crippen molar-refractivity contribution in [3.05, 3.63) is 47.1 Å². The third-order valence-electron chi connectivity index (χ3n) is 4.72. The van der Waals surface area contributed by atoms with E-state index in [4.69, 9.17) is 11.6 Å². The molecule has 0 spiro atoms. The average Bonchev–Trinajstić information content (AvgIpc) is 3.48. The fourth-order valence-electron chi connectivity index (χ4n) is 3.15. The maximum atomic E-state index is 12.6. The highest BCUT2D eigenvalue weighted by atomic mass is 35.5. The molecule has 25 heavy (non-hydrogen) atoms. The Morgan fingerprint density at radius 3 is 2.72 bits per heavy atom. The summed E-state index contributed by atoms with van der Waals surface area (Å²) in [6.45, 7) is 3.03. The fourth-order valence-corrected chi connectivity index (χ4v) is 3.26. The highest BCUT2D eigenvalue weighted by Gasteiger charge is 2.26. The summed E-state index contributed by atoms with van der Waals surface area (Å²) >= 11 is 5.85. The Balaban J connectivity index is 1.44. The number of carbonyl (C=O) groups excluding carboxylic acids is 1. The van der Waals surface area contributed by atoms with E-state index < -0.39 is 0 Å². The van der Waals surface area contributed by atoms with Crippen LogP contribution in [0.15, 0.2) is 30.7 Å². The molecule has 2 aromatic heterocycles. The van der Waals surface area contributed by atoms with Crippen LogP contribution in [0, 0.1) is 0 Å². The van der Waals surface area contributed by atoms with Gasteiger partial charge in [0.2, 0.25) is 0 Å². The molecular weight excluding hydrogens is 338 g/mol. The van der Waals surface area contributed by atoms with E-state index in [-0.39, 0.29) is 5.91 Å². The zero-order valence-corrected chi connectivity index (χ0v) is 14.7. The minimum atomic E-state index is -0.0418. The molecule has 0 radical (unpaired) electrons. The Hall–Kier alpha value is -2.21. The van der Waals surface area contributed by atoms with Crippen LogP contribution in [0.2, 0.25) is 5.02 Å². The van der Waals surface area contributed by atoms with Crippen molar-refractivity contribution in [2.24, 2.45) is 0 Å². The zero-order valence-electron chi connectivity index (χ0n) is 13.9. The molecule has 1 aliphatic heterocycles. The van der Waals surface area contributed by atoms with Gasteiger partial charge in [0.05, 0.1) is 5.02 Å². The summed E-state index contributed by atoms with van der Waals surface area (Å²) < 4.78 is 0. The highest BCUT2D eigenvalue weighted by Crippen LogP contribution is 2.39. The summed E-state index contributed by atoms with van der Waals surface area (Å²) in [5.41, 5.74) is 1.59. The Morgan fingerprint density at radius 2 is 1.96 bits per heavy atom. The number of halogens is 1. The average molecular weight is 358 g/mol. The van der Waals surface area contributed by atoms with Crippen molar-refractivity contribution in [1.29, 1.82) is 0 Å². The molecule has 0 aromatic carbocycles. The molecule has 2 aliphatic rings. The molecule has 1 aliphatic carbocycles. The van der Waals surface area contributed by atoms with Crippen LogP contribution in [0.5, 0.6) is 0 Å². The topological polar surface area (TPSA) is 62.2 Å². The first-order valence-corrected chi connectivity index (χ1v) is 9.06. The second kappa shape index (κ2) is 6.96. The van der Waals surface area contributed by atoms with Crippen LogP contribution in [-0.4, -0.2) is 51.9 Å². The molecule has 130 valence electrons. The lowest BCUT2D eigenvalue weighted by atomic mass is 10.2. The van der Waals surface area contributed by atoms with Crippen LogP contribution in [0.25, 0.3) is 0 Å². The van der Waals surface area contributed by atoms with Crippen molar-refractivity contribution in [3.8, 4) is 0 Å². The van der Waals surface area contributed by atoms with Gasteiger partial charge in [0.1, 0.15) is 17.8 Å². The predicted molar refractivity (Wildman–Crippen MR) is 96.0 cm³/mol. The molecule has 0 bridgehead atoms. The lowest BCUT2D eigenvalue weighted by molar-refractivity contribution is 0.0761. The first-order chi connectivity index (χ1) is 12.2. The fraction of sp³-hybridized carbons (Fsp3) is 0.444. The van der Waals surface area contributed by atoms with Gasteiger partial charge in [-0.15, -0.1) is 0 Å². The quantitative estimate of drug-likeness (QED) is 0.845. The van der Waals surface area contributed by atoms with Gasteiger partial charge in [-0.3, -0.25) is 4.79 Å². The van der Waals surface area contributed by atoms with Gasteiger partial charge in [-0.1, -0.05) is 11.6 Å². The molecule has 7 heteroatoms. The number of aromatic nitrogens is 3. The van der Waals surface area contributed by atoms with Crippen LogP contribution in [0.1, 0.15) is 41.4 Å². The molecule has 1 amide bonds. The van der Waals surface area contributed by atoms with Gasteiger partial charge in [-0.2, -0.15) is 0 Å². The van der Waals surface area contributed by atoms with Gasteiger partial charge in [-0.25, -0.2) is 15.0 Å². The van der Waals surface area contributed by atoms with E-state index >= 15 is 0 Å². The van der Waals surface area contributed by atoms with Crippen LogP contribution < -0.4 is 4.90 Å². The number of rotatable bonds is 3. The molecule has 4 rings (SSSR count). The number of nitrogens with zero attached hydrogens (tertiary/aromatic N) is 5. The molecule has 0 unspecified atom stereocenters. The van der Waals surface area contributed by atoms with E-state index in [1.165, 1.54) is 19.0 Å². The SMILES string of the molecule is O=C(c1ccc(Cl)cn1)N1CCCN(c2cc(C3CC3)ncn2)CC1. The summed E-state index contributed by atoms with van der Waals surface area (Å²) in [5.74, 6) is 1.54. The standard InChI is InChI=1S/C18H20ClN5O/c19-14-4-5-15(20-11-14)18(25)24-7-1-6-23(8-9-24)17-10-16(13-2-3-13)21-12-22-17/h4-5,10-13H,1-3,6-9H2. The molecule has 2 fully saturated rings. The third-order valence-corrected chi connectivity index (χ3v) is 4.95. The van der Waals surface area contributed by atoms with Crippen molar-refractivity contribution in [1.82, 2.24) is 19.9 Å². The van der Waals surface area contributed by atoms with Crippen molar-refractivity contribution < 1.29 is 4.79 Å². The normalized spacial score (nSPS) is 18.1. The van der Waals surface area contributed by atoms with Crippen molar-refractivity contribution in [3.63, 3.8) is 0 Å². The Labute approximate surface area is 151 Å². The summed E-state index contributed by atoms with van der Waals surface area (Å²) in [4.78, 5) is 29.7. The predicted octanol–water partition coefficient (Wildman–Crippen LogP) is 2.75. The van der Waals surface area contributed by atoms with E-state index in [0.29, 0.717) is 23.2 Å². The first-order valence-electron chi connectivity index (χ1n) is 8.68. The van der Waals surface area contributed by atoms with Crippen LogP contribution >= 0.6 is 11.6 Å². The highest BCUT2D eigenvalue weighted by molar-refractivity contribution is 6.30. The van der Waals surface area contributed by atoms with Crippen molar-refractivity contribution in [2.45, 2.75) is 25.2 Å². The van der Waals surface area contributed by atoms with Gasteiger partial charge >= 0.3 is 0 Å². The largest absolute Gasteiger partial charge is 0.355 e. The number of hydrogen-bond acceptors (Lipinski definition) is 5. The molecular formula is C18H20ClN5O. The number of pyridine rings is 1. The van der Waals surface area contributed by atoms with Gasteiger partial charge in [-0.05, 0) is 31.4 Å². The number of hydrogen-bond donors (Lipinski definition) is 0. The maximum absolute atomic E-state index is 12.6. The minimum absolute atomic E-state index is 0.0418. The molecule has 3 heterocycles. The minimum Gasteiger partial charge on any atom is -0.355 e. The Kier molecular flexibility index (Phi) is 4.53. The molecule has 6 nitrogen and oxygen atoms in total. The molecule has 0 N–H and O–H groups in total. The van der Waals surface area contributed by atoms with Gasteiger partial charge < -0.3 is 9.80 Å². The third kappa shape index (κ3) is 3.74. The number of amides is 1. The van der Waals surface area contributed by atoms with E-state index in [1.807, 2.05) is 4.90 Å². The summed E-state index contributed by atoms with van der Waals surface area (Å²) in [6, 6.07) is 5.49. The lowest BCUT2D eigenvalue weighted by Crippen LogP contribution is -2.35. The zero-order chi connectivity index (χ0) is 17.2. The lowest BCUT2D eigenvalue weighted by Gasteiger charge is -2.23. The summed E-state index contributed by atoms with van der Waals surface area (Å²) in [7, 11) is 0. The Morgan fingerprint density at radius 1 is 1.08 bits per heavy atom. The second-order valence-corrected chi connectivity index (χ2v) is 7.01. The van der Waals surface area contributed by atoms with Crippen LogP contribution in [0.3, 0.4) is 0 Å². The van der Waals surface area contributed by atoms with E-state index in [1.54, 1.807) is 18.5 Å². The number of anilines is 1. The van der Waals surface area contributed by atoms with E-state index in [0.717, 1.165) is 37.6 Å².